The fourth-order valence-corrected chi connectivity index (χ4v) is 2.24. The van der Waals surface area contributed by atoms with Crippen LogP contribution in [0.1, 0.15) is 32.6 Å². The number of carbonyl (C=O) groups is 2. The van der Waals surface area contributed by atoms with Crippen LogP contribution < -0.4 is 5.32 Å². The van der Waals surface area contributed by atoms with Crippen molar-refractivity contribution in [2.45, 2.75) is 32.6 Å². The first-order chi connectivity index (χ1) is 7.66. The average Bonchev–Trinajstić information content (AvgIpc) is 2.74. The molecule has 4 heteroatoms. The van der Waals surface area contributed by atoms with Gasteiger partial charge in [0, 0.05) is 13.1 Å². The van der Waals surface area contributed by atoms with Crippen LogP contribution in [0.3, 0.4) is 0 Å². The molecule has 1 saturated heterocycles. The molecular weight excluding hydrogens is 204 g/mol. The summed E-state index contributed by atoms with van der Waals surface area (Å²) < 4.78 is 0. The molecule has 2 aliphatic rings. The van der Waals surface area contributed by atoms with Gasteiger partial charge < -0.3 is 4.90 Å². The van der Waals surface area contributed by atoms with E-state index in [9.17, 15) is 9.59 Å². The lowest BCUT2D eigenvalue weighted by molar-refractivity contribution is -0.125. The van der Waals surface area contributed by atoms with Crippen molar-refractivity contribution in [1.82, 2.24) is 10.2 Å². The van der Waals surface area contributed by atoms with Gasteiger partial charge in [0.1, 0.15) is 0 Å². The summed E-state index contributed by atoms with van der Waals surface area (Å²) in [4.78, 5) is 24.5. The number of hydrogen-bond acceptors (Lipinski definition) is 2. The monoisotopic (exact) mass is 222 g/mol. The minimum atomic E-state index is -0.235. The normalized spacial score (nSPS) is 25.7. The molecule has 1 atom stereocenters. The Labute approximate surface area is 95.7 Å². The molecule has 0 bridgehead atoms. The highest BCUT2D eigenvalue weighted by molar-refractivity contribution is 5.97. The van der Waals surface area contributed by atoms with Crippen LogP contribution in [0.4, 0.5) is 4.79 Å². The average molecular weight is 222 g/mol. The lowest BCUT2D eigenvalue weighted by Gasteiger charge is -2.30. The lowest BCUT2D eigenvalue weighted by Crippen LogP contribution is -2.53. The maximum Gasteiger partial charge on any atom is 0.324 e. The molecule has 0 saturated carbocycles. The van der Waals surface area contributed by atoms with Crippen molar-refractivity contribution in [2.75, 3.05) is 13.1 Å². The molecule has 0 radical (unpaired) electrons. The van der Waals surface area contributed by atoms with Crippen LogP contribution in [-0.4, -0.2) is 29.9 Å². The second-order valence-corrected chi connectivity index (χ2v) is 4.65. The van der Waals surface area contributed by atoms with Gasteiger partial charge in [-0.05, 0) is 25.7 Å². The van der Waals surface area contributed by atoms with E-state index in [1.165, 1.54) is 24.8 Å². The predicted octanol–water partition coefficient (Wildman–Crippen LogP) is 1.67. The van der Waals surface area contributed by atoms with Crippen LogP contribution >= 0.6 is 0 Å². The van der Waals surface area contributed by atoms with Gasteiger partial charge >= 0.3 is 6.03 Å². The van der Waals surface area contributed by atoms with Gasteiger partial charge in [0.05, 0.1) is 5.92 Å². The van der Waals surface area contributed by atoms with Gasteiger partial charge in [-0.1, -0.05) is 18.6 Å². The second-order valence-electron chi connectivity index (χ2n) is 4.65. The molecule has 0 aromatic rings. The van der Waals surface area contributed by atoms with Crippen molar-refractivity contribution >= 4 is 11.9 Å². The zero-order chi connectivity index (χ0) is 11.5. The molecule has 1 aliphatic heterocycles. The van der Waals surface area contributed by atoms with E-state index in [4.69, 9.17) is 0 Å². The molecule has 0 aromatic carbocycles. The Morgan fingerprint density at radius 1 is 1.50 bits per heavy atom. The number of amides is 3. The summed E-state index contributed by atoms with van der Waals surface area (Å²) in [5.74, 6) is -0.239. The molecule has 0 aromatic heterocycles. The SMILES string of the molecule is CC1CN(CCC2=CCCC2)C(=O)NC1=O. The first-order valence-corrected chi connectivity index (χ1v) is 5.94. The van der Waals surface area contributed by atoms with E-state index in [0.717, 1.165) is 13.0 Å². The van der Waals surface area contributed by atoms with Crippen LogP contribution in [-0.2, 0) is 4.79 Å². The van der Waals surface area contributed by atoms with Gasteiger partial charge in [-0.3, -0.25) is 10.1 Å². The van der Waals surface area contributed by atoms with Gasteiger partial charge in [0.2, 0.25) is 5.91 Å². The van der Waals surface area contributed by atoms with Gasteiger partial charge in [-0.25, -0.2) is 4.79 Å². The third kappa shape index (κ3) is 2.43. The number of allylic oxidation sites excluding steroid dienone is 1. The lowest BCUT2D eigenvalue weighted by atomic mass is 10.1. The summed E-state index contributed by atoms with van der Waals surface area (Å²) in [5.41, 5.74) is 1.46. The Morgan fingerprint density at radius 2 is 2.31 bits per heavy atom. The highest BCUT2D eigenvalue weighted by atomic mass is 16.2. The summed E-state index contributed by atoms with van der Waals surface area (Å²) in [5, 5.41) is 2.38. The number of nitrogens with zero attached hydrogens (tertiary/aromatic N) is 1. The van der Waals surface area contributed by atoms with E-state index in [1.807, 2.05) is 6.92 Å². The number of rotatable bonds is 3. The Balaban J connectivity index is 1.84. The standard InChI is InChI=1S/C12H18N2O2/c1-9-8-14(12(16)13-11(9)15)7-6-10-4-2-3-5-10/h4,9H,2-3,5-8H2,1H3,(H,13,15,16). The fourth-order valence-electron chi connectivity index (χ4n) is 2.24. The van der Waals surface area contributed by atoms with E-state index >= 15 is 0 Å². The molecule has 2 rings (SSSR count). The van der Waals surface area contributed by atoms with Gasteiger partial charge in [0.25, 0.3) is 0 Å². The zero-order valence-electron chi connectivity index (χ0n) is 9.66. The number of carbonyl (C=O) groups excluding carboxylic acids is 2. The van der Waals surface area contributed by atoms with E-state index in [-0.39, 0.29) is 17.9 Å². The zero-order valence-corrected chi connectivity index (χ0v) is 9.66. The smallest absolute Gasteiger partial charge is 0.323 e. The van der Waals surface area contributed by atoms with Crippen molar-refractivity contribution in [1.29, 1.82) is 0 Å². The van der Waals surface area contributed by atoms with Crippen molar-refractivity contribution in [2.24, 2.45) is 5.92 Å². The molecule has 16 heavy (non-hydrogen) atoms. The Bertz CT molecular complexity index is 336. The molecule has 1 unspecified atom stereocenters. The third-order valence-corrected chi connectivity index (χ3v) is 3.30. The minimum Gasteiger partial charge on any atom is -0.323 e. The molecule has 4 nitrogen and oxygen atoms in total. The minimum absolute atomic E-state index is 0.0877. The fraction of sp³-hybridized carbons (Fsp3) is 0.667. The molecule has 1 fully saturated rings. The first-order valence-electron chi connectivity index (χ1n) is 5.94. The van der Waals surface area contributed by atoms with Crippen LogP contribution in [0.15, 0.2) is 11.6 Å². The highest BCUT2D eigenvalue weighted by Crippen LogP contribution is 2.21. The van der Waals surface area contributed by atoms with Crippen molar-refractivity contribution in [3.05, 3.63) is 11.6 Å². The number of urea groups is 1. The number of nitrogens with one attached hydrogen (secondary N) is 1. The molecular formula is C12H18N2O2. The van der Waals surface area contributed by atoms with E-state index in [1.54, 1.807) is 4.90 Å². The molecule has 88 valence electrons. The quantitative estimate of drug-likeness (QED) is 0.738. The summed E-state index contributed by atoms with van der Waals surface area (Å²) in [6.07, 6.45) is 6.82. The van der Waals surface area contributed by atoms with Crippen LogP contribution in [0.2, 0.25) is 0 Å². The van der Waals surface area contributed by atoms with Crippen molar-refractivity contribution in [3.8, 4) is 0 Å². The van der Waals surface area contributed by atoms with Crippen LogP contribution in [0.25, 0.3) is 0 Å². The van der Waals surface area contributed by atoms with Gasteiger partial charge in [-0.2, -0.15) is 0 Å². The summed E-state index contributed by atoms with van der Waals surface area (Å²) in [6.45, 7) is 3.14. The number of imide groups is 1. The molecule has 0 spiro atoms. The second kappa shape index (κ2) is 4.68. The van der Waals surface area contributed by atoms with Crippen LogP contribution in [0, 0.1) is 5.92 Å². The van der Waals surface area contributed by atoms with E-state index < -0.39 is 0 Å². The summed E-state index contributed by atoms with van der Waals surface area (Å²) in [7, 11) is 0. The molecule has 1 heterocycles. The highest BCUT2D eigenvalue weighted by Gasteiger charge is 2.28. The van der Waals surface area contributed by atoms with Crippen LogP contribution in [0.5, 0.6) is 0 Å². The Hall–Kier alpha value is -1.32. The molecule has 3 amide bonds. The Morgan fingerprint density at radius 3 is 3.00 bits per heavy atom. The van der Waals surface area contributed by atoms with Gasteiger partial charge in [0.15, 0.2) is 0 Å². The largest absolute Gasteiger partial charge is 0.324 e. The topological polar surface area (TPSA) is 49.4 Å². The van der Waals surface area contributed by atoms with Crippen molar-refractivity contribution in [3.63, 3.8) is 0 Å². The predicted molar refractivity (Wildman–Crippen MR) is 60.8 cm³/mol. The Kier molecular flexibility index (Phi) is 3.27. The summed E-state index contributed by atoms with van der Waals surface area (Å²) in [6, 6.07) is -0.235. The number of hydrogen-bond donors (Lipinski definition) is 1. The van der Waals surface area contributed by atoms with Gasteiger partial charge in [-0.15, -0.1) is 0 Å². The van der Waals surface area contributed by atoms with E-state index in [2.05, 4.69) is 11.4 Å². The first kappa shape index (κ1) is 11.2. The third-order valence-electron chi connectivity index (χ3n) is 3.30. The summed E-state index contributed by atoms with van der Waals surface area (Å²) >= 11 is 0. The maximum absolute atomic E-state index is 11.5. The maximum atomic E-state index is 11.5. The molecule has 1 N–H and O–H groups in total. The van der Waals surface area contributed by atoms with E-state index in [0.29, 0.717) is 6.54 Å². The van der Waals surface area contributed by atoms with Crippen molar-refractivity contribution < 1.29 is 9.59 Å². The molecule has 1 aliphatic carbocycles.